The van der Waals surface area contributed by atoms with Gasteiger partial charge < -0.3 is 0 Å². The first-order chi connectivity index (χ1) is 5.46. The molecule has 0 fully saturated rings. The van der Waals surface area contributed by atoms with Gasteiger partial charge in [-0.3, -0.25) is 0 Å². The number of alkyl halides is 1. The molecule has 0 saturated carbocycles. The summed E-state index contributed by atoms with van der Waals surface area (Å²) in [7, 11) is 0. The van der Waals surface area contributed by atoms with E-state index in [4.69, 9.17) is 9.78 Å². The molecule has 3 heteroatoms. The zero-order valence-electron chi connectivity index (χ0n) is 9.69. The maximum Gasteiger partial charge on any atom is 0.113 e. The molecular formula is C10H21BrO2. The van der Waals surface area contributed by atoms with Crippen molar-refractivity contribution in [2.75, 3.05) is 0 Å². The third-order valence-corrected chi connectivity index (χ3v) is 2.89. The largest absolute Gasteiger partial charge is 0.230 e. The van der Waals surface area contributed by atoms with Gasteiger partial charge in [-0.05, 0) is 48.5 Å². The Morgan fingerprint density at radius 2 is 1.15 bits per heavy atom. The smallest absolute Gasteiger partial charge is 0.113 e. The van der Waals surface area contributed by atoms with Gasteiger partial charge in [0.25, 0.3) is 0 Å². The third-order valence-electron chi connectivity index (χ3n) is 1.93. The first-order valence-corrected chi connectivity index (χ1v) is 5.31. The fraction of sp³-hybridized carbons (Fsp3) is 1.00. The summed E-state index contributed by atoms with van der Waals surface area (Å²) in [6, 6.07) is 0. The second-order valence-electron chi connectivity index (χ2n) is 5.26. The monoisotopic (exact) mass is 252 g/mol. The predicted octanol–water partition coefficient (Wildman–Crippen LogP) is 3.69. The van der Waals surface area contributed by atoms with E-state index in [2.05, 4.69) is 29.8 Å². The topological polar surface area (TPSA) is 18.5 Å². The minimum absolute atomic E-state index is 0.120. The summed E-state index contributed by atoms with van der Waals surface area (Å²) >= 11 is 3.56. The van der Waals surface area contributed by atoms with Crippen molar-refractivity contribution in [2.24, 2.45) is 0 Å². The Labute approximate surface area is 90.0 Å². The Kier molecular flexibility index (Phi) is 3.99. The predicted molar refractivity (Wildman–Crippen MR) is 59.0 cm³/mol. The van der Waals surface area contributed by atoms with Crippen LogP contribution in [0.5, 0.6) is 0 Å². The number of hydrogen-bond acceptors (Lipinski definition) is 2. The molecule has 80 valence electrons. The second-order valence-corrected chi connectivity index (χ2v) is 7.24. The van der Waals surface area contributed by atoms with Gasteiger partial charge in [-0.2, -0.15) is 0 Å². The van der Waals surface area contributed by atoms with E-state index < -0.39 is 0 Å². The zero-order chi connectivity index (χ0) is 10.9. The van der Waals surface area contributed by atoms with Crippen LogP contribution >= 0.6 is 15.9 Å². The highest BCUT2D eigenvalue weighted by atomic mass is 79.9. The van der Waals surface area contributed by atoms with Crippen molar-refractivity contribution < 1.29 is 9.78 Å². The molecule has 0 amide bonds. The van der Waals surface area contributed by atoms with Crippen molar-refractivity contribution in [3.8, 4) is 0 Å². The van der Waals surface area contributed by atoms with Gasteiger partial charge in [0.2, 0.25) is 0 Å². The highest BCUT2D eigenvalue weighted by Crippen LogP contribution is 2.34. The molecule has 0 aliphatic heterocycles. The van der Waals surface area contributed by atoms with Crippen LogP contribution in [-0.2, 0) is 9.78 Å². The first-order valence-electron chi connectivity index (χ1n) is 4.51. The highest BCUT2D eigenvalue weighted by Gasteiger charge is 2.38. The molecule has 0 saturated heterocycles. The van der Waals surface area contributed by atoms with Gasteiger partial charge in [0.1, 0.15) is 5.60 Å². The quantitative estimate of drug-likeness (QED) is 0.434. The molecule has 0 atom stereocenters. The van der Waals surface area contributed by atoms with E-state index in [0.717, 1.165) is 0 Å². The molecule has 0 aromatic carbocycles. The average Bonchev–Trinajstić information content (AvgIpc) is 1.79. The van der Waals surface area contributed by atoms with Gasteiger partial charge >= 0.3 is 0 Å². The molecule has 0 radical (unpaired) electrons. The molecule has 0 aliphatic rings. The van der Waals surface area contributed by atoms with Gasteiger partial charge in [-0.25, -0.2) is 9.78 Å². The van der Waals surface area contributed by atoms with Crippen LogP contribution in [0.15, 0.2) is 0 Å². The molecule has 0 unspecified atom stereocenters. The van der Waals surface area contributed by atoms with Crippen LogP contribution < -0.4 is 0 Å². The molecule has 0 N–H and O–H groups in total. The van der Waals surface area contributed by atoms with Crippen LogP contribution in [0.2, 0.25) is 0 Å². The van der Waals surface area contributed by atoms with Gasteiger partial charge in [0.05, 0.1) is 9.93 Å². The second kappa shape index (κ2) is 3.87. The van der Waals surface area contributed by atoms with Crippen molar-refractivity contribution in [3.63, 3.8) is 0 Å². The van der Waals surface area contributed by atoms with E-state index in [-0.39, 0.29) is 15.5 Å². The maximum absolute atomic E-state index is 5.41. The molecule has 0 aliphatic carbocycles. The molecule has 0 aromatic heterocycles. The van der Waals surface area contributed by atoms with Gasteiger partial charge in [-0.1, -0.05) is 15.9 Å². The van der Waals surface area contributed by atoms with Crippen LogP contribution in [0.3, 0.4) is 0 Å². The Morgan fingerprint density at radius 1 is 0.769 bits per heavy atom. The standard InChI is InChI=1S/C10H21BrO2/c1-8(2,3)12-13-10(6,7)9(4,5)11/h1-7H3. The van der Waals surface area contributed by atoms with E-state index in [1.165, 1.54) is 0 Å². The average molecular weight is 253 g/mol. The number of rotatable bonds is 3. The summed E-state index contributed by atoms with van der Waals surface area (Å²) in [5.41, 5.74) is -0.629. The Balaban J connectivity index is 4.21. The SMILES string of the molecule is CC(C)(C)OOC(C)(C)C(C)(C)Br. The molecule has 0 heterocycles. The van der Waals surface area contributed by atoms with E-state index in [1.54, 1.807) is 0 Å². The summed E-state index contributed by atoms with van der Waals surface area (Å²) in [4.78, 5) is 10.7. The summed E-state index contributed by atoms with van der Waals surface area (Å²) in [6.07, 6.45) is 0. The normalized spacial score (nSPS) is 14.8. The lowest BCUT2D eigenvalue weighted by atomic mass is 9.95. The highest BCUT2D eigenvalue weighted by molar-refractivity contribution is 9.10. The van der Waals surface area contributed by atoms with Crippen LogP contribution in [0.1, 0.15) is 48.5 Å². The lowest BCUT2D eigenvalue weighted by Gasteiger charge is -2.37. The fourth-order valence-corrected chi connectivity index (χ4v) is 0.394. The Hall–Kier alpha value is 0.400. The summed E-state index contributed by atoms with van der Waals surface area (Å²) in [5, 5.41) is 0. The maximum atomic E-state index is 5.41. The molecule has 0 rings (SSSR count). The molecular weight excluding hydrogens is 232 g/mol. The van der Waals surface area contributed by atoms with Crippen molar-refractivity contribution in [2.45, 2.75) is 64.0 Å². The lowest BCUT2D eigenvalue weighted by Crippen LogP contribution is -2.44. The Morgan fingerprint density at radius 3 is 1.38 bits per heavy atom. The summed E-state index contributed by atoms with van der Waals surface area (Å²) < 4.78 is -0.120. The fourth-order valence-electron chi connectivity index (χ4n) is 0.328. The number of hydrogen-bond donors (Lipinski definition) is 0. The minimum atomic E-state index is -0.361. The Bertz CT molecular complexity index is 163. The summed E-state index contributed by atoms with van der Waals surface area (Å²) in [5.74, 6) is 0. The molecule has 13 heavy (non-hydrogen) atoms. The third kappa shape index (κ3) is 4.99. The van der Waals surface area contributed by atoms with E-state index in [1.807, 2.05) is 34.6 Å². The van der Waals surface area contributed by atoms with Gasteiger partial charge in [-0.15, -0.1) is 0 Å². The van der Waals surface area contributed by atoms with Crippen LogP contribution in [-0.4, -0.2) is 15.5 Å². The van der Waals surface area contributed by atoms with Gasteiger partial charge in [0, 0.05) is 0 Å². The minimum Gasteiger partial charge on any atom is -0.230 e. The van der Waals surface area contributed by atoms with Crippen molar-refractivity contribution in [3.05, 3.63) is 0 Å². The van der Waals surface area contributed by atoms with Crippen molar-refractivity contribution in [1.29, 1.82) is 0 Å². The zero-order valence-corrected chi connectivity index (χ0v) is 11.3. The van der Waals surface area contributed by atoms with Gasteiger partial charge in [0.15, 0.2) is 0 Å². The molecule has 0 bridgehead atoms. The van der Waals surface area contributed by atoms with Crippen molar-refractivity contribution >= 4 is 15.9 Å². The molecule has 0 aromatic rings. The van der Waals surface area contributed by atoms with E-state index in [9.17, 15) is 0 Å². The number of halogens is 1. The lowest BCUT2D eigenvalue weighted by molar-refractivity contribution is -0.400. The van der Waals surface area contributed by atoms with Crippen LogP contribution in [0, 0.1) is 0 Å². The van der Waals surface area contributed by atoms with Crippen LogP contribution in [0.25, 0.3) is 0 Å². The molecule has 2 nitrogen and oxygen atoms in total. The van der Waals surface area contributed by atoms with Crippen molar-refractivity contribution in [1.82, 2.24) is 0 Å². The van der Waals surface area contributed by atoms with E-state index in [0.29, 0.717) is 0 Å². The first kappa shape index (κ1) is 13.4. The molecule has 0 spiro atoms. The van der Waals surface area contributed by atoms with Crippen LogP contribution in [0.4, 0.5) is 0 Å². The summed E-state index contributed by atoms with van der Waals surface area (Å²) in [6.45, 7) is 14.0. The van der Waals surface area contributed by atoms with E-state index >= 15 is 0 Å².